The molecule has 0 saturated heterocycles. The van der Waals surface area contributed by atoms with Crippen LogP contribution in [-0.2, 0) is 0 Å². The molecule has 1 aromatic rings. The first-order chi connectivity index (χ1) is 9.10. The molecule has 19 heavy (non-hydrogen) atoms. The average Bonchev–Trinajstić information content (AvgIpc) is 2.87. The van der Waals surface area contributed by atoms with Crippen molar-refractivity contribution in [1.29, 1.82) is 0 Å². The lowest BCUT2D eigenvalue weighted by Gasteiger charge is -2.28. The van der Waals surface area contributed by atoms with E-state index in [9.17, 15) is 9.90 Å². The summed E-state index contributed by atoms with van der Waals surface area (Å²) >= 11 is 5.87. The Kier molecular flexibility index (Phi) is 4.32. The zero-order chi connectivity index (χ0) is 13.9. The van der Waals surface area contributed by atoms with Crippen LogP contribution in [0.4, 0.5) is 0 Å². The fourth-order valence-electron chi connectivity index (χ4n) is 2.54. The third-order valence-electron chi connectivity index (χ3n) is 3.65. The Morgan fingerprint density at radius 2 is 2.16 bits per heavy atom. The summed E-state index contributed by atoms with van der Waals surface area (Å²) in [7, 11) is 1.50. The summed E-state index contributed by atoms with van der Waals surface area (Å²) in [6, 6.07) is 4.90. The Hall–Kier alpha value is -1.26. The van der Waals surface area contributed by atoms with Gasteiger partial charge in [-0.05, 0) is 31.0 Å². The largest absolute Gasteiger partial charge is 0.496 e. The van der Waals surface area contributed by atoms with Gasteiger partial charge in [0.05, 0.1) is 24.8 Å². The van der Waals surface area contributed by atoms with Crippen LogP contribution in [0.2, 0.25) is 5.02 Å². The molecule has 2 N–H and O–H groups in total. The summed E-state index contributed by atoms with van der Waals surface area (Å²) in [6.07, 6.45) is 3.67. The number of carbonyl (C=O) groups is 1. The van der Waals surface area contributed by atoms with Crippen molar-refractivity contribution in [3.8, 4) is 5.75 Å². The zero-order valence-electron chi connectivity index (χ0n) is 10.9. The molecular formula is C14H18ClNO3. The van der Waals surface area contributed by atoms with Gasteiger partial charge in [0.15, 0.2) is 0 Å². The molecule has 4 nitrogen and oxygen atoms in total. The van der Waals surface area contributed by atoms with Gasteiger partial charge in [-0.15, -0.1) is 0 Å². The molecule has 0 radical (unpaired) electrons. The number of benzene rings is 1. The number of halogens is 1. The Labute approximate surface area is 117 Å². The lowest BCUT2D eigenvalue weighted by molar-refractivity contribution is 0.0835. The van der Waals surface area contributed by atoms with Gasteiger partial charge in [-0.2, -0.15) is 0 Å². The van der Waals surface area contributed by atoms with Crippen molar-refractivity contribution in [3.05, 3.63) is 28.8 Å². The molecule has 2 rings (SSSR count). The molecule has 5 heteroatoms. The fraction of sp³-hybridized carbons (Fsp3) is 0.500. The van der Waals surface area contributed by atoms with Gasteiger partial charge in [0.2, 0.25) is 0 Å². The molecule has 1 aromatic carbocycles. The Morgan fingerprint density at radius 1 is 1.47 bits per heavy atom. The number of methoxy groups -OCH3 is 1. The topological polar surface area (TPSA) is 58.6 Å². The molecule has 1 aliphatic carbocycles. The van der Waals surface area contributed by atoms with Crippen molar-refractivity contribution in [1.82, 2.24) is 5.32 Å². The van der Waals surface area contributed by atoms with Gasteiger partial charge in [-0.25, -0.2) is 0 Å². The molecule has 0 bridgehead atoms. The van der Waals surface area contributed by atoms with Crippen LogP contribution >= 0.6 is 11.6 Å². The first-order valence-electron chi connectivity index (χ1n) is 6.37. The number of amides is 1. The zero-order valence-corrected chi connectivity index (χ0v) is 11.7. The van der Waals surface area contributed by atoms with Crippen LogP contribution in [0.5, 0.6) is 5.75 Å². The van der Waals surface area contributed by atoms with E-state index in [-0.39, 0.29) is 12.5 Å². The lowest BCUT2D eigenvalue weighted by Crippen LogP contribution is -2.49. The van der Waals surface area contributed by atoms with E-state index in [0.29, 0.717) is 16.3 Å². The second kappa shape index (κ2) is 5.80. The van der Waals surface area contributed by atoms with E-state index in [1.54, 1.807) is 18.2 Å². The minimum Gasteiger partial charge on any atom is -0.496 e. The summed E-state index contributed by atoms with van der Waals surface area (Å²) in [5, 5.41) is 13.0. The van der Waals surface area contributed by atoms with Gasteiger partial charge in [-0.3, -0.25) is 4.79 Å². The predicted molar refractivity (Wildman–Crippen MR) is 73.8 cm³/mol. The molecule has 1 saturated carbocycles. The van der Waals surface area contributed by atoms with E-state index in [1.807, 2.05) is 0 Å². The quantitative estimate of drug-likeness (QED) is 0.892. The number of hydrogen-bond donors (Lipinski definition) is 2. The molecule has 104 valence electrons. The number of carbonyl (C=O) groups excluding carboxylic acids is 1. The number of rotatable bonds is 4. The van der Waals surface area contributed by atoms with Gasteiger partial charge >= 0.3 is 0 Å². The van der Waals surface area contributed by atoms with Crippen molar-refractivity contribution >= 4 is 17.5 Å². The van der Waals surface area contributed by atoms with Crippen molar-refractivity contribution in [2.45, 2.75) is 31.2 Å². The van der Waals surface area contributed by atoms with Crippen molar-refractivity contribution in [2.24, 2.45) is 0 Å². The second-order valence-electron chi connectivity index (χ2n) is 4.94. The maximum atomic E-state index is 12.3. The number of hydrogen-bond acceptors (Lipinski definition) is 3. The fourth-order valence-corrected chi connectivity index (χ4v) is 2.70. The molecule has 1 amide bonds. The van der Waals surface area contributed by atoms with E-state index in [2.05, 4.69) is 5.32 Å². The third kappa shape index (κ3) is 3.01. The normalized spacial score (nSPS) is 17.2. The first kappa shape index (κ1) is 14.2. The maximum Gasteiger partial charge on any atom is 0.255 e. The Balaban J connectivity index is 2.20. The SMILES string of the molecule is COc1cc(Cl)ccc1C(=O)NC1(CO)CCCC1. The van der Waals surface area contributed by atoms with Crippen LogP contribution < -0.4 is 10.1 Å². The van der Waals surface area contributed by atoms with E-state index >= 15 is 0 Å². The number of ether oxygens (including phenoxy) is 1. The minimum atomic E-state index is -0.484. The van der Waals surface area contributed by atoms with Gasteiger partial charge in [0.1, 0.15) is 5.75 Å². The molecule has 0 aliphatic heterocycles. The average molecular weight is 284 g/mol. The summed E-state index contributed by atoms with van der Waals surface area (Å²) in [5.74, 6) is 0.209. The highest BCUT2D eigenvalue weighted by molar-refractivity contribution is 6.30. The summed E-state index contributed by atoms with van der Waals surface area (Å²) < 4.78 is 5.17. The highest BCUT2D eigenvalue weighted by Crippen LogP contribution is 2.30. The molecular weight excluding hydrogens is 266 g/mol. The Bertz CT molecular complexity index is 470. The molecule has 0 atom stereocenters. The first-order valence-corrected chi connectivity index (χ1v) is 6.75. The minimum absolute atomic E-state index is 0.0331. The van der Waals surface area contributed by atoms with Crippen LogP contribution in [0.25, 0.3) is 0 Å². The number of nitrogens with one attached hydrogen (secondary N) is 1. The Morgan fingerprint density at radius 3 is 2.74 bits per heavy atom. The van der Waals surface area contributed by atoms with Crippen molar-refractivity contribution in [2.75, 3.05) is 13.7 Å². The van der Waals surface area contributed by atoms with Crippen LogP contribution in [-0.4, -0.2) is 30.3 Å². The molecule has 0 unspecified atom stereocenters. The molecule has 0 aromatic heterocycles. The van der Waals surface area contributed by atoms with Gasteiger partial charge in [0.25, 0.3) is 5.91 Å². The second-order valence-corrected chi connectivity index (χ2v) is 5.38. The van der Waals surface area contributed by atoms with E-state index < -0.39 is 5.54 Å². The van der Waals surface area contributed by atoms with Crippen molar-refractivity contribution < 1.29 is 14.6 Å². The van der Waals surface area contributed by atoms with Gasteiger partial charge < -0.3 is 15.2 Å². The van der Waals surface area contributed by atoms with Gasteiger partial charge in [0, 0.05) is 5.02 Å². The lowest BCUT2D eigenvalue weighted by atomic mass is 9.98. The van der Waals surface area contributed by atoms with E-state index in [0.717, 1.165) is 25.7 Å². The highest BCUT2D eigenvalue weighted by atomic mass is 35.5. The monoisotopic (exact) mass is 283 g/mol. The van der Waals surface area contributed by atoms with Crippen LogP contribution in [0.1, 0.15) is 36.0 Å². The number of aliphatic hydroxyl groups excluding tert-OH is 1. The van der Waals surface area contributed by atoms with Crippen molar-refractivity contribution in [3.63, 3.8) is 0 Å². The predicted octanol–water partition coefficient (Wildman–Crippen LogP) is 2.38. The molecule has 0 spiro atoms. The van der Waals surface area contributed by atoms with Gasteiger partial charge in [-0.1, -0.05) is 24.4 Å². The van der Waals surface area contributed by atoms with E-state index in [1.165, 1.54) is 7.11 Å². The van der Waals surface area contributed by atoms with Crippen LogP contribution in [0.15, 0.2) is 18.2 Å². The summed E-state index contributed by atoms with van der Waals surface area (Å²) in [5.41, 5.74) is -0.0477. The molecule has 1 aliphatic rings. The van der Waals surface area contributed by atoms with Crippen LogP contribution in [0, 0.1) is 0 Å². The molecule has 1 fully saturated rings. The molecule has 0 heterocycles. The highest BCUT2D eigenvalue weighted by Gasteiger charge is 2.35. The summed E-state index contributed by atoms with van der Waals surface area (Å²) in [6.45, 7) is -0.0331. The summed E-state index contributed by atoms with van der Waals surface area (Å²) in [4.78, 5) is 12.3. The number of aliphatic hydroxyl groups is 1. The third-order valence-corrected chi connectivity index (χ3v) is 3.89. The van der Waals surface area contributed by atoms with E-state index in [4.69, 9.17) is 16.3 Å². The van der Waals surface area contributed by atoms with Crippen LogP contribution in [0.3, 0.4) is 0 Å². The standard InChI is InChI=1S/C14H18ClNO3/c1-19-12-8-10(15)4-5-11(12)13(18)16-14(9-17)6-2-3-7-14/h4-5,8,17H,2-3,6-7,9H2,1H3,(H,16,18). The smallest absolute Gasteiger partial charge is 0.255 e. The maximum absolute atomic E-state index is 12.3.